The van der Waals surface area contributed by atoms with Crippen molar-refractivity contribution in [3.8, 4) is 5.88 Å². The third kappa shape index (κ3) is 5.12. The number of aromatic nitrogens is 2. The predicted octanol–water partition coefficient (Wildman–Crippen LogP) is 1.05. The van der Waals surface area contributed by atoms with Gasteiger partial charge in [0.2, 0.25) is 11.0 Å². The van der Waals surface area contributed by atoms with Crippen LogP contribution in [0.3, 0.4) is 0 Å². The molecule has 14 heteroatoms. The number of fused-ring (bicyclic) bond motifs is 1. The van der Waals surface area contributed by atoms with Crippen LogP contribution in [0.2, 0.25) is 0 Å². The van der Waals surface area contributed by atoms with Crippen LogP contribution in [-0.2, 0) is 10.8 Å². The van der Waals surface area contributed by atoms with Gasteiger partial charge >= 0.3 is 6.18 Å². The second-order valence-corrected chi connectivity index (χ2v) is 8.63. The summed E-state index contributed by atoms with van der Waals surface area (Å²) >= 11 is 0.840. The van der Waals surface area contributed by atoms with E-state index < -0.39 is 41.5 Å². The zero-order chi connectivity index (χ0) is 21.3. The highest BCUT2D eigenvalue weighted by molar-refractivity contribution is 7.84. The predicted molar refractivity (Wildman–Crippen MR) is 100.0 cm³/mol. The second kappa shape index (κ2) is 8.38. The third-order valence-corrected chi connectivity index (χ3v) is 5.89. The molecule has 160 valence electrons. The largest absolute Gasteiger partial charge is 0.467 e. The number of alkyl halides is 3. The van der Waals surface area contributed by atoms with E-state index in [0.717, 1.165) is 11.3 Å². The molecule has 0 bridgehead atoms. The van der Waals surface area contributed by atoms with Gasteiger partial charge in [-0.1, -0.05) is 0 Å². The molecule has 1 amide bonds. The van der Waals surface area contributed by atoms with Gasteiger partial charge in [-0.15, -0.1) is 11.3 Å². The van der Waals surface area contributed by atoms with Gasteiger partial charge in [0.1, 0.15) is 9.71 Å². The summed E-state index contributed by atoms with van der Waals surface area (Å²) in [5.74, 6) is -1.05. The molecule has 1 aliphatic heterocycles. The molecular weight excluding hydrogens is 435 g/mol. The third-order valence-electron chi connectivity index (χ3n) is 4.09. The van der Waals surface area contributed by atoms with Crippen molar-refractivity contribution in [2.75, 3.05) is 31.7 Å². The van der Waals surface area contributed by atoms with Crippen LogP contribution in [0.25, 0.3) is 10.2 Å². The molecule has 9 nitrogen and oxygen atoms in total. The van der Waals surface area contributed by atoms with Gasteiger partial charge in [-0.3, -0.25) is 14.4 Å². The minimum atomic E-state index is -4.62. The Morgan fingerprint density at radius 2 is 2.07 bits per heavy atom. The monoisotopic (exact) mass is 453 g/mol. The minimum absolute atomic E-state index is 0.0244. The van der Waals surface area contributed by atoms with E-state index in [1.165, 1.54) is 6.26 Å². The minimum Gasteiger partial charge on any atom is -0.467 e. The molecule has 1 unspecified atom stereocenters. The fraction of sp³-hybridized carbons (Fsp3) is 0.533. The van der Waals surface area contributed by atoms with Gasteiger partial charge in [-0.25, -0.2) is 9.99 Å². The Morgan fingerprint density at radius 1 is 1.41 bits per heavy atom. The molecule has 0 saturated carbocycles. The van der Waals surface area contributed by atoms with Crippen LogP contribution < -0.4 is 15.9 Å². The number of aliphatic hydroxyl groups excluding tert-OH is 1. The molecule has 2 aromatic heterocycles. The van der Waals surface area contributed by atoms with Gasteiger partial charge in [0.25, 0.3) is 5.91 Å². The van der Waals surface area contributed by atoms with Gasteiger partial charge < -0.3 is 15.6 Å². The van der Waals surface area contributed by atoms with Gasteiger partial charge in [0.15, 0.2) is 6.61 Å². The number of halogens is 3. The van der Waals surface area contributed by atoms with E-state index in [0.29, 0.717) is 25.9 Å². The Labute approximate surface area is 169 Å². The SMILES string of the molecule is CS(=O)c1nc(OCC(F)(F)F)c2c(N)c(C(=O)NN3CCC(O)CC3)sc2n1. The van der Waals surface area contributed by atoms with Gasteiger partial charge in [-0.05, 0) is 12.8 Å². The van der Waals surface area contributed by atoms with E-state index in [2.05, 4.69) is 15.4 Å². The van der Waals surface area contributed by atoms with Crippen molar-refractivity contribution in [1.82, 2.24) is 20.4 Å². The zero-order valence-corrected chi connectivity index (χ0v) is 16.8. The van der Waals surface area contributed by atoms with E-state index in [-0.39, 0.29) is 25.9 Å². The first kappa shape index (κ1) is 21.7. The number of nitrogens with zero attached hydrogens (tertiary/aromatic N) is 3. The number of rotatable bonds is 5. The molecule has 1 aliphatic rings. The number of aliphatic hydroxyl groups is 1. The fourth-order valence-corrected chi connectivity index (χ4v) is 4.16. The topological polar surface area (TPSA) is 131 Å². The Kier molecular flexibility index (Phi) is 6.26. The summed E-state index contributed by atoms with van der Waals surface area (Å²) in [6, 6.07) is 0. The van der Waals surface area contributed by atoms with Crippen molar-refractivity contribution in [1.29, 1.82) is 0 Å². The standard InChI is InChI=1S/C15H18F3N5O4S2/c1-29(26)14-20-12(27-6-15(16,17)18)8-9(19)10(28-13(8)21-14)11(25)22-23-4-2-7(24)3-5-23/h7,24H,2-6,19H2,1H3,(H,22,25). The van der Waals surface area contributed by atoms with Gasteiger partial charge in [0.05, 0.1) is 28.0 Å². The average Bonchev–Trinajstić information content (AvgIpc) is 2.98. The van der Waals surface area contributed by atoms with Crippen molar-refractivity contribution < 1.29 is 32.0 Å². The number of carbonyl (C=O) groups is 1. The maximum atomic E-state index is 12.6. The van der Waals surface area contributed by atoms with Crippen molar-refractivity contribution >= 4 is 43.9 Å². The molecule has 0 spiro atoms. The van der Waals surface area contributed by atoms with Crippen LogP contribution >= 0.6 is 11.3 Å². The molecule has 1 fully saturated rings. The maximum absolute atomic E-state index is 12.6. The quantitative estimate of drug-likeness (QED) is 0.573. The zero-order valence-electron chi connectivity index (χ0n) is 15.2. The van der Waals surface area contributed by atoms with Crippen LogP contribution in [0.1, 0.15) is 22.5 Å². The molecular formula is C15H18F3N5O4S2. The summed E-state index contributed by atoms with van der Waals surface area (Å²) in [4.78, 5) is 20.6. The first-order valence-electron chi connectivity index (χ1n) is 8.42. The Hall–Kier alpha value is -2.03. The number of amides is 1. The smallest absolute Gasteiger partial charge is 0.422 e. The lowest BCUT2D eigenvalue weighted by atomic mass is 10.1. The number of nitrogens with two attached hydrogens (primary N) is 1. The van der Waals surface area contributed by atoms with Crippen molar-refractivity contribution in [2.24, 2.45) is 0 Å². The Morgan fingerprint density at radius 3 is 2.66 bits per heavy atom. The summed E-state index contributed by atoms with van der Waals surface area (Å²) in [7, 11) is -1.69. The van der Waals surface area contributed by atoms with E-state index >= 15 is 0 Å². The average molecular weight is 453 g/mol. The number of thiophene rings is 1. The number of anilines is 1. The number of ether oxygens (including phenoxy) is 1. The lowest BCUT2D eigenvalue weighted by Gasteiger charge is -2.29. The van der Waals surface area contributed by atoms with Crippen LogP contribution in [-0.4, -0.2) is 68.4 Å². The van der Waals surface area contributed by atoms with Crippen LogP contribution in [0, 0.1) is 0 Å². The van der Waals surface area contributed by atoms with E-state index in [9.17, 15) is 27.3 Å². The summed E-state index contributed by atoms with van der Waals surface area (Å²) in [6.07, 6.45) is -2.78. The van der Waals surface area contributed by atoms with E-state index in [1.807, 2.05) is 0 Å². The highest BCUT2D eigenvalue weighted by Crippen LogP contribution is 2.38. The van der Waals surface area contributed by atoms with Crippen LogP contribution in [0.4, 0.5) is 18.9 Å². The molecule has 3 rings (SSSR count). The Balaban J connectivity index is 1.94. The number of nitrogens with one attached hydrogen (secondary N) is 1. The molecule has 2 aromatic rings. The molecule has 1 atom stereocenters. The highest BCUT2D eigenvalue weighted by atomic mass is 32.2. The van der Waals surface area contributed by atoms with Crippen molar-refractivity contribution in [2.45, 2.75) is 30.3 Å². The number of piperidine rings is 1. The lowest BCUT2D eigenvalue weighted by Crippen LogP contribution is -2.47. The van der Waals surface area contributed by atoms with Crippen LogP contribution in [0.5, 0.6) is 5.88 Å². The molecule has 0 radical (unpaired) electrons. The van der Waals surface area contributed by atoms with E-state index in [4.69, 9.17) is 10.5 Å². The van der Waals surface area contributed by atoms with Crippen LogP contribution in [0.15, 0.2) is 5.16 Å². The molecule has 3 heterocycles. The molecule has 1 saturated heterocycles. The highest BCUT2D eigenvalue weighted by Gasteiger charge is 2.31. The maximum Gasteiger partial charge on any atom is 0.422 e. The molecule has 29 heavy (non-hydrogen) atoms. The van der Waals surface area contributed by atoms with Crippen molar-refractivity contribution in [3.63, 3.8) is 0 Å². The normalized spacial score (nSPS) is 17.4. The Bertz CT molecular complexity index is 944. The number of hydrazine groups is 1. The first-order chi connectivity index (χ1) is 13.5. The second-order valence-electron chi connectivity index (χ2n) is 6.35. The van der Waals surface area contributed by atoms with Gasteiger partial charge in [0, 0.05) is 19.3 Å². The lowest BCUT2D eigenvalue weighted by molar-refractivity contribution is -0.153. The van der Waals surface area contributed by atoms with Gasteiger partial charge in [-0.2, -0.15) is 18.2 Å². The summed E-state index contributed by atoms with van der Waals surface area (Å²) < 4.78 is 54.2. The fourth-order valence-electron chi connectivity index (χ4n) is 2.70. The number of nitrogen functional groups attached to an aromatic ring is 1. The molecule has 0 aliphatic carbocycles. The summed E-state index contributed by atoms with van der Waals surface area (Å²) in [6.45, 7) is -0.741. The molecule has 0 aromatic carbocycles. The number of hydrogen-bond acceptors (Lipinski definition) is 9. The van der Waals surface area contributed by atoms with E-state index in [1.54, 1.807) is 5.01 Å². The number of carbonyl (C=O) groups excluding carboxylic acids is 1. The summed E-state index contributed by atoms with van der Waals surface area (Å²) in [5.41, 5.74) is 8.54. The first-order valence-corrected chi connectivity index (χ1v) is 10.8. The van der Waals surface area contributed by atoms with Crippen molar-refractivity contribution in [3.05, 3.63) is 4.88 Å². The summed E-state index contributed by atoms with van der Waals surface area (Å²) in [5, 5.41) is 10.9. The molecule has 4 N–H and O–H groups in total. The number of hydrogen-bond donors (Lipinski definition) is 3.